The predicted molar refractivity (Wildman–Crippen MR) is 127 cm³/mol. The van der Waals surface area contributed by atoms with Crippen molar-refractivity contribution >= 4 is 34.6 Å². The first-order valence-electron chi connectivity index (χ1n) is 10.6. The van der Waals surface area contributed by atoms with Crippen molar-refractivity contribution in [1.82, 2.24) is 24.6 Å². The van der Waals surface area contributed by atoms with E-state index in [-0.39, 0.29) is 12.5 Å². The molecule has 9 heteroatoms. The molecule has 0 aliphatic carbocycles. The van der Waals surface area contributed by atoms with E-state index in [4.69, 9.17) is 12.2 Å². The lowest BCUT2D eigenvalue weighted by Crippen LogP contribution is -2.38. The van der Waals surface area contributed by atoms with Crippen molar-refractivity contribution in [2.75, 3.05) is 18.4 Å². The summed E-state index contributed by atoms with van der Waals surface area (Å²) >= 11 is 6.80. The van der Waals surface area contributed by atoms with Gasteiger partial charge in [0.2, 0.25) is 5.91 Å². The minimum absolute atomic E-state index is 0.0780. The van der Waals surface area contributed by atoms with E-state index in [1.165, 1.54) is 17.8 Å². The van der Waals surface area contributed by atoms with Crippen molar-refractivity contribution in [3.63, 3.8) is 0 Å². The van der Waals surface area contributed by atoms with Gasteiger partial charge in [0.05, 0.1) is 5.69 Å². The second-order valence-electron chi connectivity index (χ2n) is 8.64. The van der Waals surface area contributed by atoms with Gasteiger partial charge in [-0.1, -0.05) is 43.7 Å². The van der Waals surface area contributed by atoms with Gasteiger partial charge in [-0.25, -0.2) is 4.98 Å². The Balaban J connectivity index is 1.40. The summed E-state index contributed by atoms with van der Waals surface area (Å²) in [6.07, 6.45) is 1.29. The zero-order valence-electron chi connectivity index (χ0n) is 18.1. The number of benzene rings is 1. The van der Waals surface area contributed by atoms with Gasteiger partial charge < -0.3 is 5.32 Å². The minimum Gasteiger partial charge on any atom is -0.300 e. The lowest BCUT2D eigenvalue weighted by molar-refractivity contribution is -0.116. The maximum Gasteiger partial charge on any atom is 0.246 e. The number of aryl methyl sites for hydroxylation is 1. The fourth-order valence-electron chi connectivity index (χ4n) is 4.28. The number of likely N-dealkylation sites (tertiary alicyclic amines) is 1. The maximum absolute atomic E-state index is 12.7. The number of aromatic nitrogens is 4. The van der Waals surface area contributed by atoms with Crippen LogP contribution in [0.4, 0.5) is 5.13 Å². The number of H-pyrrole nitrogens is 1. The van der Waals surface area contributed by atoms with Crippen LogP contribution in [0.2, 0.25) is 0 Å². The first kappa shape index (κ1) is 21.9. The lowest BCUT2D eigenvalue weighted by Gasteiger charge is -2.34. The number of nitrogens with zero attached hydrogens (tertiary/aromatic N) is 4. The van der Waals surface area contributed by atoms with Crippen molar-refractivity contribution < 1.29 is 4.79 Å². The van der Waals surface area contributed by atoms with Crippen LogP contribution in [0.5, 0.6) is 0 Å². The molecule has 164 valence electrons. The van der Waals surface area contributed by atoms with E-state index in [1.807, 2.05) is 36.6 Å². The molecule has 3 aromatic rings. The monoisotopic (exact) mass is 456 g/mol. The normalized spacial score (nSPS) is 19.5. The van der Waals surface area contributed by atoms with Gasteiger partial charge in [-0.3, -0.25) is 19.4 Å². The zero-order valence-corrected chi connectivity index (χ0v) is 19.7. The molecule has 1 fully saturated rings. The van der Waals surface area contributed by atoms with Crippen LogP contribution >= 0.6 is 23.6 Å². The van der Waals surface area contributed by atoms with Crippen molar-refractivity contribution in [1.29, 1.82) is 0 Å². The maximum atomic E-state index is 12.7. The summed E-state index contributed by atoms with van der Waals surface area (Å²) < 4.78 is 2.12. The second kappa shape index (κ2) is 9.42. The Morgan fingerprint density at radius 3 is 2.68 bits per heavy atom. The van der Waals surface area contributed by atoms with Gasteiger partial charge in [0.25, 0.3) is 0 Å². The van der Waals surface area contributed by atoms with Crippen LogP contribution in [0, 0.1) is 23.5 Å². The summed E-state index contributed by atoms with van der Waals surface area (Å²) in [4.78, 5) is 19.8. The van der Waals surface area contributed by atoms with Crippen LogP contribution in [-0.2, 0) is 17.9 Å². The fraction of sp³-hybridized carbons (Fsp3) is 0.455. The Hall–Kier alpha value is -2.36. The summed E-state index contributed by atoms with van der Waals surface area (Å²) in [5, 5.41) is 12.7. The minimum atomic E-state index is -0.174. The summed E-state index contributed by atoms with van der Waals surface area (Å²) in [5.41, 5.74) is 3.07. The second-order valence-corrected chi connectivity index (χ2v) is 9.88. The van der Waals surface area contributed by atoms with E-state index in [0.717, 1.165) is 36.5 Å². The van der Waals surface area contributed by atoms with E-state index in [1.54, 1.807) is 4.57 Å². The molecule has 2 aromatic heterocycles. The molecule has 0 bridgehead atoms. The van der Waals surface area contributed by atoms with Gasteiger partial charge in [-0.15, -0.1) is 11.3 Å². The molecule has 2 atom stereocenters. The van der Waals surface area contributed by atoms with Crippen LogP contribution in [0.3, 0.4) is 0 Å². The number of anilines is 1. The van der Waals surface area contributed by atoms with Crippen molar-refractivity contribution in [3.8, 4) is 11.4 Å². The highest BCUT2D eigenvalue weighted by Crippen LogP contribution is 2.24. The first-order valence-corrected chi connectivity index (χ1v) is 11.8. The molecule has 7 nitrogen and oxygen atoms in total. The summed E-state index contributed by atoms with van der Waals surface area (Å²) in [6, 6.07) is 7.98. The van der Waals surface area contributed by atoms with Crippen molar-refractivity contribution in [3.05, 3.63) is 45.7 Å². The highest BCUT2D eigenvalue weighted by molar-refractivity contribution is 7.71. The van der Waals surface area contributed by atoms with Crippen LogP contribution in [0.1, 0.15) is 31.5 Å². The molecule has 1 amide bonds. The van der Waals surface area contributed by atoms with Gasteiger partial charge in [0.15, 0.2) is 15.7 Å². The van der Waals surface area contributed by atoms with Gasteiger partial charge in [0.1, 0.15) is 6.54 Å². The average Bonchev–Trinajstić information content (AvgIpc) is 3.28. The molecule has 2 N–H and O–H groups in total. The van der Waals surface area contributed by atoms with Gasteiger partial charge >= 0.3 is 0 Å². The largest absolute Gasteiger partial charge is 0.300 e. The number of nitrogens with one attached hydrogen (secondary N) is 2. The molecule has 0 saturated carbocycles. The van der Waals surface area contributed by atoms with Crippen LogP contribution in [0.15, 0.2) is 29.6 Å². The number of amides is 1. The molecule has 0 radical (unpaired) electrons. The number of rotatable bonds is 6. The van der Waals surface area contributed by atoms with E-state index >= 15 is 0 Å². The number of hydrogen-bond acceptors (Lipinski definition) is 6. The van der Waals surface area contributed by atoms with Crippen LogP contribution < -0.4 is 5.32 Å². The Morgan fingerprint density at radius 2 is 1.97 bits per heavy atom. The van der Waals surface area contributed by atoms with Gasteiger partial charge in [0, 0.05) is 30.6 Å². The third kappa shape index (κ3) is 5.47. The molecule has 0 spiro atoms. The van der Waals surface area contributed by atoms with Crippen molar-refractivity contribution in [2.45, 2.75) is 40.3 Å². The van der Waals surface area contributed by atoms with Crippen LogP contribution in [0.25, 0.3) is 11.4 Å². The smallest absolute Gasteiger partial charge is 0.246 e. The number of aromatic amines is 1. The molecule has 1 saturated heterocycles. The van der Waals surface area contributed by atoms with Crippen LogP contribution in [-0.4, -0.2) is 43.6 Å². The third-order valence-corrected chi connectivity index (χ3v) is 6.62. The van der Waals surface area contributed by atoms with Gasteiger partial charge in [-0.05, 0) is 37.4 Å². The fourth-order valence-corrected chi connectivity index (χ4v) is 5.19. The van der Waals surface area contributed by atoms with Gasteiger partial charge in [-0.2, -0.15) is 5.10 Å². The summed E-state index contributed by atoms with van der Waals surface area (Å²) in [6.45, 7) is 9.75. The Bertz CT molecular complexity index is 1090. The summed E-state index contributed by atoms with van der Waals surface area (Å²) in [5.74, 6) is 1.90. The molecule has 4 rings (SSSR count). The number of carbonyl (C=O) groups excluding carboxylic acids is 1. The first-order chi connectivity index (χ1) is 14.9. The lowest BCUT2D eigenvalue weighted by atomic mass is 9.92. The number of thiazole rings is 1. The number of hydrogen-bond donors (Lipinski definition) is 2. The molecule has 1 aliphatic rings. The quantitative estimate of drug-likeness (QED) is 0.535. The SMILES string of the molecule is Cc1ccc(-c2n[nH]c(=S)n2CC(=O)Nc2nc(CN3C[C@H](C)C[C@@H](C)C3)cs2)cc1. The third-order valence-electron chi connectivity index (χ3n) is 5.50. The molecule has 0 unspecified atom stereocenters. The average molecular weight is 457 g/mol. The highest BCUT2D eigenvalue weighted by atomic mass is 32.1. The molecule has 3 heterocycles. The Kier molecular flexibility index (Phi) is 6.64. The molecular weight excluding hydrogens is 428 g/mol. The Labute approximate surface area is 191 Å². The topological polar surface area (TPSA) is 78.8 Å². The summed E-state index contributed by atoms with van der Waals surface area (Å²) in [7, 11) is 0. The van der Waals surface area contributed by atoms with E-state index in [2.05, 4.69) is 39.2 Å². The molecule has 31 heavy (non-hydrogen) atoms. The Morgan fingerprint density at radius 1 is 1.26 bits per heavy atom. The zero-order chi connectivity index (χ0) is 22.0. The van der Waals surface area contributed by atoms with Crippen molar-refractivity contribution in [2.24, 2.45) is 11.8 Å². The van der Waals surface area contributed by atoms with E-state index < -0.39 is 0 Å². The molecular formula is C22H28N6OS2. The highest BCUT2D eigenvalue weighted by Gasteiger charge is 2.22. The number of piperidine rings is 1. The number of carbonyl (C=O) groups is 1. The molecule has 1 aliphatic heterocycles. The standard InChI is InChI=1S/C22H28N6OS2/c1-14-4-6-17(7-5-14)20-25-26-22(30)28(20)12-19(29)24-21-23-18(13-31-21)11-27-9-15(2)8-16(3)10-27/h4-7,13,15-16H,8-12H2,1-3H3,(H,26,30)(H,23,24,29)/t15-,16-/m1/s1. The predicted octanol–water partition coefficient (Wildman–Crippen LogP) is 4.49. The van der Waals surface area contributed by atoms with E-state index in [9.17, 15) is 4.79 Å². The molecule has 1 aromatic carbocycles. The van der Waals surface area contributed by atoms with E-state index in [0.29, 0.717) is 27.6 Å².